The van der Waals surface area contributed by atoms with E-state index in [0.717, 1.165) is 11.8 Å². The first kappa shape index (κ1) is 11.5. The van der Waals surface area contributed by atoms with E-state index in [1.807, 2.05) is 6.92 Å². The third kappa shape index (κ3) is 3.00. The molecule has 0 atom stereocenters. The lowest BCUT2D eigenvalue weighted by Crippen LogP contribution is -1.99. The van der Waals surface area contributed by atoms with Crippen LogP contribution in [-0.4, -0.2) is 4.98 Å². The molecule has 2 rings (SSSR count). The summed E-state index contributed by atoms with van der Waals surface area (Å²) >= 11 is 0. The molecule has 0 N–H and O–H groups in total. The van der Waals surface area contributed by atoms with Crippen molar-refractivity contribution in [2.75, 3.05) is 0 Å². The second-order valence-corrected chi connectivity index (χ2v) is 3.73. The van der Waals surface area contributed by atoms with Crippen LogP contribution in [0.25, 0.3) is 0 Å². The molecule has 17 heavy (non-hydrogen) atoms. The molecular weight excluding hydrogens is 224 g/mol. The summed E-state index contributed by atoms with van der Waals surface area (Å²) in [5, 5.41) is 0. The monoisotopic (exact) mass is 235 g/mol. The van der Waals surface area contributed by atoms with Gasteiger partial charge in [0.05, 0.1) is 6.20 Å². The predicted molar refractivity (Wildman–Crippen MR) is 59.7 cm³/mol. The van der Waals surface area contributed by atoms with Gasteiger partial charge in [0.1, 0.15) is 12.4 Å². The van der Waals surface area contributed by atoms with Gasteiger partial charge >= 0.3 is 0 Å². The van der Waals surface area contributed by atoms with Gasteiger partial charge in [-0.3, -0.25) is 4.98 Å². The molecule has 0 amide bonds. The van der Waals surface area contributed by atoms with E-state index in [2.05, 4.69) is 4.98 Å². The fourth-order valence-electron chi connectivity index (χ4n) is 1.42. The number of hydrogen-bond acceptors (Lipinski definition) is 2. The first-order valence-electron chi connectivity index (χ1n) is 5.13. The number of nitrogens with zero attached hydrogens (tertiary/aromatic N) is 1. The van der Waals surface area contributed by atoms with Crippen molar-refractivity contribution in [2.45, 2.75) is 13.5 Å². The van der Waals surface area contributed by atoms with Crippen LogP contribution in [0.15, 0.2) is 36.7 Å². The molecule has 2 nitrogen and oxygen atoms in total. The van der Waals surface area contributed by atoms with Crippen LogP contribution in [-0.2, 0) is 6.61 Å². The van der Waals surface area contributed by atoms with Crippen LogP contribution in [0.2, 0.25) is 0 Å². The number of ether oxygens (including phenoxy) is 1. The van der Waals surface area contributed by atoms with Gasteiger partial charge in [0.15, 0.2) is 11.6 Å². The van der Waals surface area contributed by atoms with E-state index in [1.165, 1.54) is 18.3 Å². The fraction of sp³-hybridized carbons (Fsp3) is 0.154. The SMILES string of the molecule is Cc1ccc(F)c(OCc2cncc(F)c2)c1. The summed E-state index contributed by atoms with van der Waals surface area (Å²) in [7, 11) is 0. The smallest absolute Gasteiger partial charge is 0.165 e. The molecule has 0 unspecified atom stereocenters. The lowest BCUT2D eigenvalue weighted by atomic mass is 10.2. The van der Waals surface area contributed by atoms with E-state index < -0.39 is 11.6 Å². The maximum Gasteiger partial charge on any atom is 0.165 e. The zero-order chi connectivity index (χ0) is 12.3. The Morgan fingerprint density at radius 2 is 2.00 bits per heavy atom. The highest BCUT2D eigenvalue weighted by atomic mass is 19.1. The number of aryl methyl sites for hydroxylation is 1. The Kier molecular flexibility index (Phi) is 3.32. The van der Waals surface area contributed by atoms with E-state index >= 15 is 0 Å². The average molecular weight is 235 g/mol. The molecule has 1 aromatic heterocycles. The summed E-state index contributed by atoms with van der Waals surface area (Å²) in [4.78, 5) is 3.69. The van der Waals surface area contributed by atoms with Crippen LogP contribution in [0.1, 0.15) is 11.1 Å². The number of halogens is 2. The van der Waals surface area contributed by atoms with E-state index in [0.29, 0.717) is 5.56 Å². The van der Waals surface area contributed by atoms with Crippen molar-refractivity contribution in [2.24, 2.45) is 0 Å². The van der Waals surface area contributed by atoms with Gasteiger partial charge < -0.3 is 4.74 Å². The largest absolute Gasteiger partial charge is 0.486 e. The molecule has 2 aromatic rings. The van der Waals surface area contributed by atoms with Crippen LogP contribution in [0.5, 0.6) is 5.75 Å². The van der Waals surface area contributed by atoms with Gasteiger partial charge in [-0.25, -0.2) is 8.78 Å². The highest BCUT2D eigenvalue weighted by Crippen LogP contribution is 2.19. The highest BCUT2D eigenvalue weighted by molar-refractivity contribution is 5.29. The molecule has 0 saturated carbocycles. The quantitative estimate of drug-likeness (QED) is 0.814. The molecule has 0 aliphatic carbocycles. The third-order valence-electron chi connectivity index (χ3n) is 2.24. The van der Waals surface area contributed by atoms with Gasteiger partial charge in [0.25, 0.3) is 0 Å². The number of rotatable bonds is 3. The minimum absolute atomic E-state index is 0.0884. The molecule has 0 radical (unpaired) electrons. The molecule has 88 valence electrons. The minimum Gasteiger partial charge on any atom is -0.486 e. The van der Waals surface area contributed by atoms with Crippen molar-refractivity contribution >= 4 is 0 Å². The second-order valence-electron chi connectivity index (χ2n) is 3.73. The Labute approximate surface area is 97.9 Å². The molecule has 0 spiro atoms. The number of pyridine rings is 1. The number of benzene rings is 1. The molecule has 4 heteroatoms. The van der Waals surface area contributed by atoms with Crippen LogP contribution in [0.3, 0.4) is 0 Å². The normalized spacial score (nSPS) is 10.3. The summed E-state index contributed by atoms with van der Waals surface area (Å²) < 4.78 is 31.5. The van der Waals surface area contributed by atoms with Crippen LogP contribution in [0, 0.1) is 18.6 Å². The molecule has 0 aliphatic rings. The van der Waals surface area contributed by atoms with Gasteiger partial charge in [0.2, 0.25) is 0 Å². The van der Waals surface area contributed by atoms with Crippen molar-refractivity contribution in [3.05, 3.63) is 59.4 Å². The van der Waals surface area contributed by atoms with Gasteiger partial charge in [-0.2, -0.15) is 0 Å². The van der Waals surface area contributed by atoms with E-state index in [4.69, 9.17) is 4.74 Å². The maximum absolute atomic E-state index is 13.3. The van der Waals surface area contributed by atoms with Crippen LogP contribution in [0.4, 0.5) is 8.78 Å². The van der Waals surface area contributed by atoms with Gasteiger partial charge in [-0.1, -0.05) is 6.07 Å². The number of aromatic nitrogens is 1. The van der Waals surface area contributed by atoms with E-state index in [-0.39, 0.29) is 12.4 Å². The summed E-state index contributed by atoms with van der Waals surface area (Å²) in [5.74, 6) is -0.704. The van der Waals surface area contributed by atoms with Crippen molar-refractivity contribution in [1.29, 1.82) is 0 Å². The first-order valence-corrected chi connectivity index (χ1v) is 5.13. The molecule has 0 saturated heterocycles. The molecule has 1 heterocycles. The second kappa shape index (κ2) is 4.91. The maximum atomic E-state index is 13.3. The van der Waals surface area contributed by atoms with E-state index in [9.17, 15) is 8.78 Å². The van der Waals surface area contributed by atoms with E-state index in [1.54, 1.807) is 12.1 Å². The Morgan fingerprint density at radius 3 is 2.76 bits per heavy atom. The Balaban J connectivity index is 2.09. The van der Waals surface area contributed by atoms with Crippen molar-refractivity contribution in [3.8, 4) is 5.75 Å². The van der Waals surface area contributed by atoms with Gasteiger partial charge in [-0.15, -0.1) is 0 Å². The molecule has 0 bridgehead atoms. The Morgan fingerprint density at radius 1 is 1.18 bits per heavy atom. The molecule has 0 aliphatic heterocycles. The van der Waals surface area contributed by atoms with Gasteiger partial charge in [0, 0.05) is 11.8 Å². The summed E-state index contributed by atoms with van der Waals surface area (Å²) in [6.07, 6.45) is 2.59. The van der Waals surface area contributed by atoms with Crippen molar-refractivity contribution in [1.82, 2.24) is 4.98 Å². The van der Waals surface area contributed by atoms with Gasteiger partial charge in [-0.05, 0) is 30.7 Å². The Bertz CT molecular complexity index is 529. The van der Waals surface area contributed by atoms with Crippen LogP contribution < -0.4 is 4.74 Å². The third-order valence-corrected chi connectivity index (χ3v) is 2.24. The standard InChI is InChI=1S/C13H11F2NO/c1-9-2-3-12(15)13(4-9)17-8-10-5-11(14)7-16-6-10/h2-7H,8H2,1H3. The summed E-state index contributed by atoms with van der Waals surface area (Å²) in [5.41, 5.74) is 1.46. The van der Waals surface area contributed by atoms with Crippen LogP contribution >= 0.6 is 0 Å². The number of hydrogen-bond donors (Lipinski definition) is 0. The Hall–Kier alpha value is -1.97. The van der Waals surface area contributed by atoms with Crippen molar-refractivity contribution < 1.29 is 13.5 Å². The topological polar surface area (TPSA) is 22.1 Å². The fourth-order valence-corrected chi connectivity index (χ4v) is 1.42. The summed E-state index contributed by atoms with van der Waals surface area (Å²) in [6.45, 7) is 1.93. The molecule has 1 aromatic carbocycles. The zero-order valence-corrected chi connectivity index (χ0v) is 9.28. The minimum atomic E-state index is -0.434. The molecular formula is C13H11F2NO. The lowest BCUT2D eigenvalue weighted by molar-refractivity contribution is 0.289. The molecule has 0 fully saturated rings. The summed E-state index contributed by atoms with van der Waals surface area (Å²) in [6, 6.07) is 5.91. The average Bonchev–Trinajstić information content (AvgIpc) is 2.30. The highest BCUT2D eigenvalue weighted by Gasteiger charge is 2.04. The predicted octanol–water partition coefficient (Wildman–Crippen LogP) is 3.25. The zero-order valence-electron chi connectivity index (χ0n) is 9.28. The first-order chi connectivity index (χ1) is 8.15. The van der Waals surface area contributed by atoms with Crippen molar-refractivity contribution in [3.63, 3.8) is 0 Å². The lowest BCUT2D eigenvalue weighted by Gasteiger charge is -2.07.